The van der Waals surface area contributed by atoms with Crippen LogP contribution < -0.4 is 10.6 Å². The van der Waals surface area contributed by atoms with Crippen molar-refractivity contribution in [3.05, 3.63) is 65.2 Å². The maximum atomic E-state index is 12.0. The summed E-state index contributed by atoms with van der Waals surface area (Å²) in [7, 11) is 0. The van der Waals surface area contributed by atoms with E-state index in [0.717, 1.165) is 44.7 Å². The molecule has 0 aliphatic carbocycles. The number of piperidine rings is 1. The fourth-order valence-corrected chi connectivity index (χ4v) is 3.26. The van der Waals surface area contributed by atoms with E-state index >= 15 is 0 Å². The third-order valence-corrected chi connectivity index (χ3v) is 4.86. The van der Waals surface area contributed by atoms with Gasteiger partial charge in [0, 0.05) is 23.8 Å². The van der Waals surface area contributed by atoms with Gasteiger partial charge in [-0.05, 0) is 61.7 Å². The molecule has 2 amide bonds. The fraction of sp³-hybridized carbons (Fsp3) is 0.350. The van der Waals surface area contributed by atoms with E-state index in [2.05, 4.69) is 45.9 Å². The first kappa shape index (κ1) is 17.8. The summed E-state index contributed by atoms with van der Waals surface area (Å²) in [5.74, 6) is 0.544. The van der Waals surface area contributed by atoms with Gasteiger partial charge in [0.1, 0.15) is 0 Å². The molecule has 25 heavy (non-hydrogen) atoms. The van der Waals surface area contributed by atoms with E-state index < -0.39 is 0 Å². The molecular weight excluding hydrogens is 334 g/mol. The first-order valence-corrected chi connectivity index (χ1v) is 9.13. The molecule has 0 unspecified atom stereocenters. The largest absolute Gasteiger partial charge is 0.338 e. The molecule has 2 aromatic carbocycles. The summed E-state index contributed by atoms with van der Waals surface area (Å²) in [6.45, 7) is 3.90. The van der Waals surface area contributed by atoms with Crippen molar-refractivity contribution in [1.29, 1.82) is 0 Å². The highest BCUT2D eigenvalue weighted by molar-refractivity contribution is 6.30. The third-order valence-electron chi connectivity index (χ3n) is 4.61. The number of halogens is 1. The van der Waals surface area contributed by atoms with Crippen molar-refractivity contribution in [2.24, 2.45) is 5.92 Å². The van der Waals surface area contributed by atoms with Gasteiger partial charge in [0.15, 0.2) is 0 Å². The Morgan fingerprint density at radius 2 is 1.72 bits per heavy atom. The van der Waals surface area contributed by atoms with Crippen LogP contribution in [-0.4, -0.2) is 30.6 Å². The van der Waals surface area contributed by atoms with E-state index in [1.165, 1.54) is 5.56 Å². The summed E-state index contributed by atoms with van der Waals surface area (Å²) in [5, 5.41) is 6.47. The Hall–Kier alpha value is -2.04. The minimum atomic E-state index is -0.158. The van der Waals surface area contributed by atoms with E-state index in [-0.39, 0.29) is 6.03 Å². The van der Waals surface area contributed by atoms with Crippen LogP contribution in [0.5, 0.6) is 0 Å². The zero-order chi connectivity index (χ0) is 17.5. The number of carbonyl (C=O) groups is 1. The standard InChI is InChI=1S/C20H24ClN3O/c21-18-6-8-19(9-7-18)23-20(25)22-14-16-10-12-24(13-11-16)15-17-4-2-1-3-5-17/h1-9,16H,10-15H2,(H2,22,23,25). The molecule has 2 N–H and O–H groups in total. The van der Waals surface area contributed by atoms with Gasteiger partial charge in [0.2, 0.25) is 0 Å². The van der Waals surface area contributed by atoms with Gasteiger partial charge >= 0.3 is 6.03 Å². The van der Waals surface area contributed by atoms with Gasteiger partial charge in [-0.2, -0.15) is 0 Å². The predicted octanol–water partition coefficient (Wildman–Crippen LogP) is 4.37. The van der Waals surface area contributed by atoms with Gasteiger partial charge in [0.05, 0.1) is 0 Å². The zero-order valence-electron chi connectivity index (χ0n) is 14.2. The average molecular weight is 358 g/mol. The van der Waals surface area contributed by atoms with Crippen LogP contribution in [0.25, 0.3) is 0 Å². The summed E-state index contributed by atoms with van der Waals surface area (Å²) in [6, 6.07) is 17.5. The van der Waals surface area contributed by atoms with Crippen LogP contribution >= 0.6 is 11.6 Å². The number of nitrogens with zero attached hydrogens (tertiary/aromatic N) is 1. The molecule has 1 heterocycles. The van der Waals surface area contributed by atoms with Crippen molar-refractivity contribution in [1.82, 2.24) is 10.2 Å². The van der Waals surface area contributed by atoms with Crippen molar-refractivity contribution < 1.29 is 4.79 Å². The number of hydrogen-bond donors (Lipinski definition) is 2. The molecule has 0 bridgehead atoms. The highest BCUT2D eigenvalue weighted by atomic mass is 35.5. The summed E-state index contributed by atoms with van der Waals surface area (Å²) < 4.78 is 0. The van der Waals surface area contributed by atoms with Crippen LogP contribution in [0.1, 0.15) is 18.4 Å². The van der Waals surface area contributed by atoms with Crippen LogP contribution in [0.15, 0.2) is 54.6 Å². The lowest BCUT2D eigenvalue weighted by molar-refractivity contribution is 0.175. The number of anilines is 1. The molecule has 0 aromatic heterocycles. The van der Waals surface area contributed by atoms with Crippen molar-refractivity contribution in [2.45, 2.75) is 19.4 Å². The normalized spacial score (nSPS) is 15.7. The molecule has 5 heteroatoms. The molecule has 1 fully saturated rings. The lowest BCUT2D eigenvalue weighted by Crippen LogP contribution is -2.39. The van der Waals surface area contributed by atoms with Crippen molar-refractivity contribution in [3.63, 3.8) is 0 Å². The minimum Gasteiger partial charge on any atom is -0.338 e. The Morgan fingerprint density at radius 1 is 1.04 bits per heavy atom. The minimum absolute atomic E-state index is 0.158. The van der Waals surface area contributed by atoms with Crippen molar-refractivity contribution in [2.75, 3.05) is 25.0 Å². The Labute approximate surface area is 154 Å². The number of nitrogens with one attached hydrogen (secondary N) is 2. The van der Waals surface area contributed by atoms with Crippen LogP contribution in [0.4, 0.5) is 10.5 Å². The summed E-state index contributed by atoms with van der Waals surface area (Å²) in [4.78, 5) is 14.5. The molecule has 0 saturated carbocycles. The summed E-state index contributed by atoms with van der Waals surface area (Å²) in [6.07, 6.45) is 2.24. The molecule has 4 nitrogen and oxygen atoms in total. The average Bonchev–Trinajstić information content (AvgIpc) is 2.64. The number of benzene rings is 2. The van der Waals surface area contributed by atoms with E-state index in [4.69, 9.17) is 11.6 Å². The maximum Gasteiger partial charge on any atom is 0.319 e. The van der Waals surface area contributed by atoms with Crippen LogP contribution in [0.2, 0.25) is 5.02 Å². The Kier molecular flexibility index (Phi) is 6.31. The first-order valence-electron chi connectivity index (χ1n) is 8.76. The molecule has 0 spiro atoms. The second-order valence-corrected chi connectivity index (χ2v) is 6.98. The van der Waals surface area contributed by atoms with Crippen LogP contribution in [0, 0.1) is 5.92 Å². The molecule has 132 valence electrons. The van der Waals surface area contributed by atoms with E-state index in [0.29, 0.717) is 10.9 Å². The zero-order valence-corrected chi connectivity index (χ0v) is 15.0. The third kappa shape index (κ3) is 5.76. The van der Waals surface area contributed by atoms with E-state index in [1.54, 1.807) is 24.3 Å². The highest BCUT2D eigenvalue weighted by Crippen LogP contribution is 2.18. The molecule has 1 aliphatic heterocycles. The molecule has 3 rings (SSSR count). The Bertz CT molecular complexity index is 667. The van der Waals surface area contributed by atoms with E-state index in [9.17, 15) is 4.79 Å². The number of carbonyl (C=O) groups excluding carboxylic acids is 1. The molecule has 0 radical (unpaired) electrons. The highest BCUT2D eigenvalue weighted by Gasteiger charge is 2.19. The quantitative estimate of drug-likeness (QED) is 0.834. The van der Waals surface area contributed by atoms with Gasteiger partial charge in [-0.1, -0.05) is 41.9 Å². The lowest BCUT2D eigenvalue weighted by Gasteiger charge is -2.32. The number of hydrogen-bond acceptors (Lipinski definition) is 2. The number of rotatable bonds is 5. The van der Waals surface area contributed by atoms with Crippen molar-refractivity contribution >= 4 is 23.3 Å². The first-order chi connectivity index (χ1) is 12.2. The summed E-state index contributed by atoms with van der Waals surface area (Å²) in [5.41, 5.74) is 2.11. The molecule has 1 saturated heterocycles. The lowest BCUT2D eigenvalue weighted by atomic mass is 9.96. The second-order valence-electron chi connectivity index (χ2n) is 6.55. The number of amides is 2. The van der Waals surface area contributed by atoms with Gasteiger partial charge in [-0.3, -0.25) is 4.90 Å². The van der Waals surface area contributed by atoms with Gasteiger partial charge in [-0.25, -0.2) is 4.79 Å². The smallest absolute Gasteiger partial charge is 0.319 e. The van der Waals surface area contributed by atoms with Gasteiger partial charge in [-0.15, -0.1) is 0 Å². The Balaban J connectivity index is 1.36. The second kappa shape index (κ2) is 8.88. The van der Waals surface area contributed by atoms with Crippen molar-refractivity contribution in [3.8, 4) is 0 Å². The summed E-state index contributed by atoms with van der Waals surface area (Å²) >= 11 is 5.84. The molecule has 0 atom stereocenters. The van der Waals surface area contributed by atoms with Gasteiger partial charge < -0.3 is 10.6 Å². The predicted molar refractivity (Wildman–Crippen MR) is 103 cm³/mol. The number of likely N-dealkylation sites (tertiary alicyclic amines) is 1. The SMILES string of the molecule is O=C(NCC1CCN(Cc2ccccc2)CC1)Nc1ccc(Cl)cc1. The molecule has 2 aromatic rings. The van der Waals surface area contributed by atoms with Crippen LogP contribution in [-0.2, 0) is 6.54 Å². The fourth-order valence-electron chi connectivity index (χ4n) is 3.14. The monoisotopic (exact) mass is 357 g/mol. The topological polar surface area (TPSA) is 44.4 Å². The number of urea groups is 1. The Morgan fingerprint density at radius 3 is 2.40 bits per heavy atom. The molecular formula is C20H24ClN3O. The molecule has 1 aliphatic rings. The van der Waals surface area contributed by atoms with Crippen LogP contribution in [0.3, 0.4) is 0 Å². The van der Waals surface area contributed by atoms with E-state index in [1.807, 2.05) is 0 Å². The van der Waals surface area contributed by atoms with Gasteiger partial charge in [0.25, 0.3) is 0 Å². The maximum absolute atomic E-state index is 12.0.